The van der Waals surface area contributed by atoms with E-state index in [1.807, 2.05) is 64.1 Å². The lowest BCUT2D eigenvalue weighted by atomic mass is 10.2. The van der Waals surface area contributed by atoms with Crippen LogP contribution in [-0.4, -0.2) is 42.9 Å². The van der Waals surface area contributed by atoms with Crippen molar-refractivity contribution in [3.8, 4) is 11.4 Å². The zero-order chi connectivity index (χ0) is 18.0. The van der Waals surface area contributed by atoms with Crippen molar-refractivity contribution in [1.82, 2.24) is 19.7 Å². The van der Waals surface area contributed by atoms with Crippen molar-refractivity contribution in [2.75, 3.05) is 0 Å². The van der Waals surface area contributed by atoms with Gasteiger partial charge in [0.05, 0.1) is 17.1 Å². The third kappa shape index (κ3) is 3.66. The van der Waals surface area contributed by atoms with Gasteiger partial charge in [-0.1, -0.05) is 11.8 Å². The van der Waals surface area contributed by atoms with E-state index in [4.69, 9.17) is 4.42 Å². The fraction of sp³-hybridized carbons (Fsp3) is 0.588. The highest BCUT2D eigenvalue weighted by Crippen LogP contribution is 2.29. The molecule has 0 unspecified atom stereocenters. The minimum atomic E-state index is -0.226. The number of aromatic nitrogens is 3. The van der Waals surface area contributed by atoms with Gasteiger partial charge in [-0.05, 0) is 47.6 Å². The monoisotopic (exact) mass is 350 g/mol. The van der Waals surface area contributed by atoms with Crippen LogP contribution in [0.25, 0.3) is 11.4 Å². The molecule has 7 heteroatoms. The number of furan rings is 1. The highest BCUT2D eigenvalue weighted by Gasteiger charge is 2.27. The number of hydrogen-bond donors (Lipinski definition) is 0. The number of aryl methyl sites for hydroxylation is 1. The zero-order valence-corrected chi connectivity index (χ0v) is 16.2. The molecule has 6 nitrogen and oxygen atoms in total. The van der Waals surface area contributed by atoms with Crippen LogP contribution in [0.1, 0.15) is 40.4 Å². The highest BCUT2D eigenvalue weighted by molar-refractivity contribution is 8.00. The molecule has 0 saturated heterocycles. The third-order valence-electron chi connectivity index (χ3n) is 3.93. The van der Waals surface area contributed by atoms with Gasteiger partial charge in [-0.3, -0.25) is 4.79 Å². The summed E-state index contributed by atoms with van der Waals surface area (Å²) in [6, 6.07) is 2.22. The Labute approximate surface area is 147 Å². The van der Waals surface area contributed by atoms with Crippen LogP contribution in [0.15, 0.2) is 21.9 Å². The van der Waals surface area contributed by atoms with E-state index in [9.17, 15) is 4.79 Å². The molecule has 0 radical (unpaired) electrons. The van der Waals surface area contributed by atoms with E-state index in [0.29, 0.717) is 0 Å². The van der Waals surface area contributed by atoms with Gasteiger partial charge in [0, 0.05) is 19.1 Å². The summed E-state index contributed by atoms with van der Waals surface area (Å²) >= 11 is 1.43. The Bertz CT molecular complexity index is 697. The molecule has 0 saturated carbocycles. The van der Waals surface area contributed by atoms with Crippen LogP contribution in [-0.2, 0) is 11.8 Å². The van der Waals surface area contributed by atoms with Gasteiger partial charge in [0.2, 0.25) is 5.91 Å². The van der Waals surface area contributed by atoms with E-state index in [1.165, 1.54) is 11.8 Å². The lowest BCUT2D eigenvalue weighted by molar-refractivity contribution is -0.133. The van der Waals surface area contributed by atoms with Crippen LogP contribution in [0, 0.1) is 6.92 Å². The van der Waals surface area contributed by atoms with Crippen molar-refractivity contribution in [3.05, 3.63) is 18.1 Å². The Morgan fingerprint density at radius 3 is 2.33 bits per heavy atom. The maximum Gasteiger partial charge on any atom is 0.236 e. The molecule has 2 aromatic rings. The molecule has 2 aromatic heterocycles. The predicted octanol–water partition coefficient (Wildman–Crippen LogP) is 3.51. The third-order valence-corrected chi connectivity index (χ3v) is 5.05. The second-order valence-electron chi connectivity index (χ2n) is 6.45. The van der Waals surface area contributed by atoms with Gasteiger partial charge in [-0.25, -0.2) is 0 Å². The molecule has 1 atom stereocenters. The first-order valence-electron chi connectivity index (χ1n) is 8.16. The Hall–Kier alpha value is -1.76. The zero-order valence-electron chi connectivity index (χ0n) is 15.4. The molecule has 1 amide bonds. The van der Waals surface area contributed by atoms with E-state index in [1.54, 1.807) is 6.26 Å². The summed E-state index contributed by atoms with van der Waals surface area (Å²) in [6.45, 7) is 12.0. The molecule has 2 rings (SSSR count). The minimum Gasteiger partial charge on any atom is -0.469 e. The molecule has 2 heterocycles. The fourth-order valence-corrected chi connectivity index (χ4v) is 3.66. The van der Waals surface area contributed by atoms with Gasteiger partial charge in [0.25, 0.3) is 0 Å². The molecule has 0 aromatic carbocycles. The van der Waals surface area contributed by atoms with Gasteiger partial charge in [0.1, 0.15) is 5.76 Å². The Balaban J connectivity index is 2.18. The van der Waals surface area contributed by atoms with E-state index >= 15 is 0 Å². The maximum absolute atomic E-state index is 12.8. The average Bonchev–Trinajstić information content (AvgIpc) is 3.05. The molecular weight excluding hydrogens is 324 g/mol. The standard InChI is InChI=1S/C17H26N4O2S/c1-10(2)21(11(3)4)16(22)13(6)24-17-19-18-15(20(17)7)14-8-9-23-12(14)5/h8-11,13H,1-7H3/t13-/m0/s1. The summed E-state index contributed by atoms with van der Waals surface area (Å²) in [5.41, 5.74) is 0.918. The first kappa shape index (κ1) is 18.6. The summed E-state index contributed by atoms with van der Waals surface area (Å²) in [5.74, 6) is 1.67. The highest BCUT2D eigenvalue weighted by atomic mass is 32.2. The summed E-state index contributed by atoms with van der Waals surface area (Å²) in [4.78, 5) is 14.7. The van der Waals surface area contributed by atoms with Crippen molar-refractivity contribution in [1.29, 1.82) is 0 Å². The molecule has 24 heavy (non-hydrogen) atoms. The lowest BCUT2D eigenvalue weighted by Gasteiger charge is -2.32. The van der Waals surface area contributed by atoms with E-state index in [-0.39, 0.29) is 23.2 Å². The van der Waals surface area contributed by atoms with Crippen LogP contribution in [0.5, 0.6) is 0 Å². The van der Waals surface area contributed by atoms with Crippen molar-refractivity contribution in [3.63, 3.8) is 0 Å². The van der Waals surface area contributed by atoms with Crippen molar-refractivity contribution < 1.29 is 9.21 Å². The predicted molar refractivity (Wildman–Crippen MR) is 95.9 cm³/mol. The Kier molecular flexibility index (Phi) is 5.74. The maximum atomic E-state index is 12.8. The van der Waals surface area contributed by atoms with Crippen molar-refractivity contribution >= 4 is 17.7 Å². The van der Waals surface area contributed by atoms with E-state index < -0.39 is 0 Å². The first-order chi connectivity index (χ1) is 11.2. The molecular formula is C17H26N4O2S. The number of amides is 1. The number of rotatable bonds is 6. The minimum absolute atomic E-state index is 0.119. The smallest absolute Gasteiger partial charge is 0.236 e. The largest absolute Gasteiger partial charge is 0.469 e. The second kappa shape index (κ2) is 7.42. The molecule has 132 valence electrons. The summed E-state index contributed by atoms with van der Waals surface area (Å²) in [7, 11) is 1.91. The number of carbonyl (C=O) groups excluding carboxylic acids is 1. The van der Waals surface area contributed by atoms with Crippen LogP contribution in [0.2, 0.25) is 0 Å². The number of nitrogens with zero attached hydrogens (tertiary/aromatic N) is 4. The van der Waals surface area contributed by atoms with Gasteiger partial charge in [0.15, 0.2) is 11.0 Å². The number of carbonyl (C=O) groups is 1. The average molecular weight is 350 g/mol. The van der Waals surface area contributed by atoms with Gasteiger partial charge in [-0.2, -0.15) is 0 Å². The molecule has 0 N–H and O–H groups in total. The van der Waals surface area contributed by atoms with E-state index in [2.05, 4.69) is 10.2 Å². The summed E-state index contributed by atoms with van der Waals surface area (Å²) < 4.78 is 7.24. The Morgan fingerprint density at radius 2 is 1.83 bits per heavy atom. The summed E-state index contributed by atoms with van der Waals surface area (Å²) in [5, 5.41) is 9.00. The molecule has 0 spiro atoms. The van der Waals surface area contributed by atoms with Gasteiger partial charge in [-0.15, -0.1) is 10.2 Å². The van der Waals surface area contributed by atoms with Crippen molar-refractivity contribution in [2.45, 2.75) is 64.0 Å². The summed E-state index contributed by atoms with van der Waals surface area (Å²) in [6.07, 6.45) is 1.64. The number of thioether (sulfide) groups is 1. The van der Waals surface area contributed by atoms with Crippen LogP contribution in [0.3, 0.4) is 0 Å². The number of hydrogen-bond acceptors (Lipinski definition) is 5. The Morgan fingerprint density at radius 1 is 1.21 bits per heavy atom. The molecule has 0 bridgehead atoms. The van der Waals surface area contributed by atoms with Gasteiger partial charge >= 0.3 is 0 Å². The van der Waals surface area contributed by atoms with E-state index in [0.717, 1.165) is 22.3 Å². The van der Waals surface area contributed by atoms with Crippen molar-refractivity contribution in [2.24, 2.45) is 7.05 Å². The second-order valence-corrected chi connectivity index (χ2v) is 7.76. The quantitative estimate of drug-likeness (QED) is 0.746. The van der Waals surface area contributed by atoms with Gasteiger partial charge < -0.3 is 13.9 Å². The molecule has 0 aliphatic heterocycles. The first-order valence-corrected chi connectivity index (χ1v) is 9.04. The van der Waals surface area contributed by atoms with Crippen LogP contribution < -0.4 is 0 Å². The van der Waals surface area contributed by atoms with Crippen LogP contribution >= 0.6 is 11.8 Å². The molecule has 0 aliphatic rings. The molecule has 0 aliphatic carbocycles. The SMILES string of the molecule is Cc1occc1-c1nnc(S[C@@H](C)C(=O)N(C(C)C)C(C)C)n1C. The fourth-order valence-electron chi connectivity index (χ4n) is 2.79. The normalized spacial score (nSPS) is 12.9. The molecule has 0 fully saturated rings. The van der Waals surface area contributed by atoms with Crippen LogP contribution in [0.4, 0.5) is 0 Å². The lowest BCUT2D eigenvalue weighted by Crippen LogP contribution is -2.45. The topological polar surface area (TPSA) is 64.2 Å².